The summed E-state index contributed by atoms with van der Waals surface area (Å²) in [5.74, 6) is 2.01. The molecule has 0 bridgehead atoms. The molecule has 0 saturated heterocycles. The van der Waals surface area contributed by atoms with E-state index in [1.165, 1.54) is 11.3 Å². The third-order valence-electron chi connectivity index (χ3n) is 4.21. The zero-order chi connectivity index (χ0) is 19.3. The van der Waals surface area contributed by atoms with Crippen LogP contribution in [-0.4, -0.2) is 19.8 Å². The molecule has 28 heavy (non-hydrogen) atoms. The Hall–Kier alpha value is -2.23. The van der Waals surface area contributed by atoms with Gasteiger partial charge in [-0.1, -0.05) is 45.5 Å². The summed E-state index contributed by atoms with van der Waals surface area (Å²) in [4.78, 5) is 0.695. The highest BCUT2D eigenvalue weighted by Gasteiger charge is 2.17. The Kier molecular flexibility index (Phi) is 4.45. The fourth-order valence-corrected chi connectivity index (χ4v) is 5.27. The molecule has 0 aliphatic carbocycles. The van der Waals surface area contributed by atoms with E-state index < -0.39 is 0 Å². The summed E-state index contributed by atoms with van der Waals surface area (Å²) >= 11 is 8.47. The lowest BCUT2D eigenvalue weighted by Crippen LogP contribution is -1.99. The van der Waals surface area contributed by atoms with Crippen LogP contribution in [0.2, 0.25) is 0 Å². The first-order valence-electron chi connectivity index (χ1n) is 8.37. The Morgan fingerprint density at radius 1 is 1.14 bits per heavy atom. The first kappa shape index (κ1) is 17.8. The summed E-state index contributed by atoms with van der Waals surface area (Å²) in [6, 6.07) is 13.8. The van der Waals surface area contributed by atoms with Crippen molar-refractivity contribution in [2.24, 2.45) is 0 Å². The second-order valence-corrected chi connectivity index (χ2v) is 9.00. The molecule has 9 heteroatoms. The number of ether oxygens (including phenoxy) is 1. The number of aryl methyl sites for hydroxylation is 1. The zero-order valence-corrected chi connectivity index (χ0v) is 18.5. The van der Waals surface area contributed by atoms with E-state index >= 15 is 0 Å². The highest BCUT2D eigenvalue weighted by atomic mass is 79.9. The van der Waals surface area contributed by atoms with Crippen molar-refractivity contribution >= 4 is 59.1 Å². The molecular formula is C19H12Br2N4O2S. The monoisotopic (exact) mass is 518 g/mol. The number of rotatable bonds is 4. The van der Waals surface area contributed by atoms with Gasteiger partial charge in [0.15, 0.2) is 10.8 Å². The van der Waals surface area contributed by atoms with E-state index in [-0.39, 0.29) is 0 Å². The second-order valence-electron chi connectivity index (χ2n) is 6.18. The Labute approximate surface area is 180 Å². The van der Waals surface area contributed by atoms with Crippen LogP contribution in [-0.2, 0) is 6.61 Å². The minimum atomic E-state index is 0.342. The van der Waals surface area contributed by atoms with E-state index in [1.54, 1.807) is 4.52 Å². The smallest absolute Gasteiger partial charge is 0.235 e. The molecule has 3 heterocycles. The molecule has 0 atom stereocenters. The van der Waals surface area contributed by atoms with E-state index in [9.17, 15) is 0 Å². The fraction of sp³-hybridized carbons (Fsp3) is 0.105. The van der Waals surface area contributed by atoms with Crippen LogP contribution < -0.4 is 4.74 Å². The maximum absolute atomic E-state index is 6.00. The Balaban J connectivity index is 1.45. The summed E-state index contributed by atoms with van der Waals surface area (Å²) in [6.45, 7) is 2.35. The van der Waals surface area contributed by atoms with Crippen LogP contribution >= 0.6 is 43.2 Å². The summed E-state index contributed by atoms with van der Waals surface area (Å²) in [5, 5.41) is 14.9. The Bertz CT molecular complexity index is 1270. The molecule has 0 fully saturated rings. The van der Waals surface area contributed by atoms with Gasteiger partial charge in [-0.15, -0.1) is 10.2 Å². The molecule has 0 amide bonds. The van der Waals surface area contributed by atoms with Gasteiger partial charge < -0.3 is 9.15 Å². The van der Waals surface area contributed by atoms with Crippen molar-refractivity contribution in [3.8, 4) is 17.3 Å². The van der Waals surface area contributed by atoms with Gasteiger partial charge in [0.1, 0.15) is 17.9 Å². The van der Waals surface area contributed by atoms with Crippen LogP contribution in [0.1, 0.15) is 10.6 Å². The molecule has 0 spiro atoms. The highest BCUT2D eigenvalue weighted by molar-refractivity contribution is 9.11. The van der Waals surface area contributed by atoms with E-state index in [0.717, 1.165) is 36.2 Å². The summed E-state index contributed by atoms with van der Waals surface area (Å²) < 4.78 is 15.5. The third kappa shape index (κ3) is 3.13. The normalized spacial score (nSPS) is 11.5. The highest BCUT2D eigenvalue weighted by Crippen LogP contribution is 2.33. The molecule has 0 aliphatic rings. The van der Waals surface area contributed by atoms with Gasteiger partial charge >= 0.3 is 0 Å². The zero-order valence-electron chi connectivity index (χ0n) is 14.5. The average molecular weight is 520 g/mol. The molecule has 0 saturated carbocycles. The van der Waals surface area contributed by atoms with Gasteiger partial charge in [-0.25, -0.2) is 0 Å². The minimum absolute atomic E-state index is 0.342. The molecule has 5 rings (SSSR count). The van der Waals surface area contributed by atoms with Crippen LogP contribution in [0.25, 0.3) is 27.5 Å². The Morgan fingerprint density at radius 3 is 2.82 bits per heavy atom. The molecule has 0 unspecified atom stereocenters. The lowest BCUT2D eigenvalue weighted by atomic mass is 10.2. The van der Waals surface area contributed by atoms with Crippen molar-refractivity contribution in [3.63, 3.8) is 0 Å². The molecule has 5 aromatic rings. The van der Waals surface area contributed by atoms with Crippen LogP contribution in [0.15, 0.2) is 55.8 Å². The summed E-state index contributed by atoms with van der Waals surface area (Å²) in [7, 11) is 0. The average Bonchev–Trinajstić information content (AvgIpc) is 3.33. The van der Waals surface area contributed by atoms with Gasteiger partial charge in [0.2, 0.25) is 10.8 Å². The number of fused-ring (bicyclic) bond motifs is 2. The van der Waals surface area contributed by atoms with Gasteiger partial charge in [0.05, 0.1) is 4.47 Å². The van der Waals surface area contributed by atoms with Crippen molar-refractivity contribution < 1.29 is 9.15 Å². The number of benzene rings is 2. The van der Waals surface area contributed by atoms with Gasteiger partial charge in [0, 0.05) is 9.86 Å². The van der Waals surface area contributed by atoms with Crippen LogP contribution in [0.5, 0.6) is 5.75 Å². The van der Waals surface area contributed by atoms with Crippen molar-refractivity contribution in [1.82, 2.24) is 19.8 Å². The summed E-state index contributed by atoms with van der Waals surface area (Å²) in [6.07, 6.45) is 0. The molecule has 6 nitrogen and oxygen atoms in total. The number of para-hydroxylation sites is 1. The standard InChI is InChI=1S/C19H12Br2N4O2S/c1-10-6-12(20)8-13(21)17(10)26-9-16-24-25-18(22-23-19(25)28-16)15-7-11-4-2-3-5-14(11)27-15/h2-8H,9H2,1H3. The predicted molar refractivity (Wildman–Crippen MR) is 115 cm³/mol. The number of hydrogen-bond acceptors (Lipinski definition) is 6. The van der Waals surface area contributed by atoms with Crippen molar-refractivity contribution in [3.05, 3.63) is 62.0 Å². The topological polar surface area (TPSA) is 65.5 Å². The van der Waals surface area contributed by atoms with Gasteiger partial charge in [-0.3, -0.25) is 0 Å². The predicted octanol–water partition coefficient (Wildman–Crippen LogP) is 6.01. The summed E-state index contributed by atoms with van der Waals surface area (Å²) in [5.41, 5.74) is 1.84. The fourth-order valence-electron chi connectivity index (χ4n) is 2.97. The van der Waals surface area contributed by atoms with E-state index in [2.05, 4.69) is 47.2 Å². The van der Waals surface area contributed by atoms with Gasteiger partial charge in [-0.05, 0) is 52.7 Å². The molecule has 0 radical (unpaired) electrons. The van der Waals surface area contributed by atoms with E-state index in [1.807, 2.05) is 49.4 Å². The van der Waals surface area contributed by atoms with Gasteiger partial charge in [0.25, 0.3) is 0 Å². The van der Waals surface area contributed by atoms with Crippen LogP contribution in [0.4, 0.5) is 0 Å². The number of furan rings is 1. The second kappa shape index (κ2) is 6.98. The number of aromatic nitrogens is 4. The molecule has 0 aliphatic heterocycles. The first-order valence-corrected chi connectivity index (χ1v) is 10.8. The number of hydrogen-bond donors (Lipinski definition) is 0. The largest absolute Gasteiger partial charge is 0.485 e. The molecule has 2 aromatic carbocycles. The maximum Gasteiger partial charge on any atom is 0.235 e. The van der Waals surface area contributed by atoms with Crippen molar-refractivity contribution in [2.75, 3.05) is 0 Å². The Morgan fingerprint density at radius 2 is 2.00 bits per heavy atom. The molecule has 140 valence electrons. The number of halogens is 2. The minimum Gasteiger partial charge on any atom is -0.485 e. The van der Waals surface area contributed by atoms with Crippen LogP contribution in [0, 0.1) is 6.92 Å². The quantitative estimate of drug-likeness (QED) is 0.291. The molecular weight excluding hydrogens is 508 g/mol. The molecule has 0 N–H and O–H groups in total. The third-order valence-corrected chi connectivity index (χ3v) is 6.13. The van der Waals surface area contributed by atoms with E-state index in [4.69, 9.17) is 9.15 Å². The lowest BCUT2D eigenvalue weighted by molar-refractivity contribution is 0.300. The van der Waals surface area contributed by atoms with Crippen LogP contribution in [0.3, 0.4) is 0 Å². The van der Waals surface area contributed by atoms with E-state index in [0.29, 0.717) is 23.2 Å². The molecule has 3 aromatic heterocycles. The maximum atomic E-state index is 6.00. The first-order chi connectivity index (χ1) is 13.6. The lowest BCUT2D eigenvalue weighted by Gasteiger charge is -2.10. The number of nitrogens with zero attached hydrogens (tertiary/aromatic N) is 4. The SMILES string of the molecule is Cc1cc(Br)cc(Br)c1OCc1nn2c(-c3cc4ccccc4o3)nnc2s1. The van der Waals surface area contributed by atoms with Crippen molar-refractivity contribution in [2.45, 2.75) is 13.5 Å². The van der Waals surface area contributed by atoms with Crippen molar-refractivity contribution in [1.29, 1.82) is 0 Å². The van der Waals surface area contributed by atoms with Gasteiger partial charge in [-0.2, -0.15) is 9.61 Å².